The van der Waals surface area contributed by atoms with E-state index in [1.165, 1.54) is 18.5 Å². The van der Waals surface area contributed by atoms with Gasteiger partial charge < -0.3 is 4.74 Å². The molecule has 0 saturated carbocycles. The summed E-state index contributed by atoms with van der Waals surface area (Å²) in [7, 11) is 0. The fourth-order valence-corrected chi connectivity index (χ4v) is 0.638. The average Bonchev–Trinajstić information content (AvgIpc) is 2.15. The van der Waals surface area contributed by atoms with Crippen LogP contribution in [-0.2, 0) is 4.74 Å². The van der Waals surface area contributed by atoms with Crippen molar-refractivity contribution < 1.29 is 22.7 Å². The zero-order valence-corrected chi connectivity index (χ0v) is 7.28. The highest BCUT2D eigenvalue weighted by Gasteiger charge is 2.29. The van der Waals surface area contributed by atoms with Gasteiger partial charge in [-0.15, -0.1) is 0 Å². The van der Waals surface area contributed by atoms with Gasteiger partial charge in [-0.25, -0.2) is 14.8 Å². The van der Waals surface area contributed by atoms with Crippen molar-refractivity contribution in [3.8, 4) is 0 Å². The summed E-state index contributed by atoms with van der Waals surface area (Å²) < 4.78 is 38.7. The maximum absolute atomic E-state index is 11.6. The van der Waals surface area contributed by atoms with Crippen LogP contribution in [0.4, 0.5) is 23.9 Å². The van der Waals surface area contributed by atoms with Gasteiger partial charge in [0.15, 0.2) is 6.61 Å². The molecule has 0 bridgehead atoms. The highest BCUT2D eigenvalue weighted by Crippen LogP contribution is 2.14. The summed E-state index contributed by atoms with van der Waals surface area (Å²) in [5.74, 6) is -0.121. The lowest BCUT2D eigenvalue weighted by molar-refractivity contribution is -0.159. The number of amides is 1. The van der Waals surface area contributed by atoms with Crippen molar-refractivity contribution in [2.24, 2.45) is 0 Å². The first-order valence-corrected chi connectivity index (χ1v) is 3.75. The number of nitrogens with zero attached hydrogens (tertiary/aromatic N) is 2. The molecule has 0 spiro atoms. The van der Waals surface area contributed by atoms with E-state index in [0.717, 1.165) is 0 Å². The molecule has 1 aromatic rings. The summed E-state index contributed by atoms with van der Waals surface area (Å²) in [6, 6.07) is 1.49. The number of carbonyl (C=O) groups excluding carboxylic acids is 1. The van der Waals surface area contributed by atoms with E-state index < -0.39 is 18.9 Å². The largest absolute Gasteiger partial charge is 0.440 e. The maximum Gasteiger partial charge on any atom is 0.422 e. The second-order valence-electron chi connectivity index (χ2n) is 2.39. The van der Waals surface area contributed by atoms with Crippen LogP contribution in [0.3, 0.4) is 0 Å². The van der Waals surface area contributed by atoms with Crippen LogP contribution >= 0.6 is 0 Å². The zero-order chi connectivity index (χ0) is 11.3. The number of aromatic nitrogens is 2. The summed E-state index contributed by atoms with van der Waals surface area (Å²) in [4.78, 5) is 17.9. The molecule has 0 fully saturated rings. The fourth-order valence-electron chi connectivity index (χ4n) is 0.638. The molecule has 0 aliphatic heterocycles. The van der Waals surface area contributed by atoms with Crippen molar-refractivity contribution >= 4 is 12.0 Å². The van der Waals surface area contributed by atoms with E-state index in [2.05, 4.69) is 14.7 Å². The van der Waals surface area contributed by atoms with Gasteiger partial charge in [0.2, 0.25) is 5.95 Å². The molecule has 0 atom stereocenters. The van der Waals surface area contributed by atoms with Crippen LogP contribution in [0, 0.1) is 0 Å². The first kappa shape index (κ1) is 11.2. The molecule has 8 heteroatoms. The third-order valence-electron chi connectivity index (χ3n) is 1.15. The van der Waals surface area contributed by atoms with Crippen LogP contribution < -0.4 is 5.32 Å². The molecule has 0 aliphatic rings. The minimum atomic E-state index is -4.55. The SMILES string of the molecule is O=C(Nc1ncccn1)OCC(F)(F)F. The normalized spacial score (nSPS) is 10.9. The monoisotopic (exact) mass is 221 g/mol. The molecule has 1 amide bonds. The highest BCUT2D eigenvalue weighted by molar-refractivity contribution is 5.82. The van der Waals surface area contributed by atoms with Crippen LogP contribution in [-0.4, -0.2) is 28.8 Å². The Morgan fingerprint density at radius 1 is 1.40 bits per heavy atom. The lowest BCUT2D eigenvalue weighted by atomic mass is 10.7. The van der Waals surface area contributed by atoms with E-state index in [4.69, 9.17) is 0 Å². The van der Waals surface area contributed by atoms with E-state index in [1.54, 1.807) is 0 Å². The third kappa shape index (κ3) is 4.79. The van der Waals surface area contributed by atoms with Gasteiger partial charge in [0.1, 0.15) is 0 Å². The Morgan fingerprint density at radius 3 is 2.53 bits per heavy atom. The van der Waals surface area contributed by atoms with E-state index in [1.807, 2.05) is 5.32 Å². The van der Waals surface area contributed by atoms with Crippen LogP contribution in [0.1, 0.15) is 0 Å². The summed E-state index contributed by atoms with van der Waals surface area (Å²) in [5, 5.41) is 1.93. The molecule has 82 valence electrons. The van der Waals surface area contributed by atoms with Gasteiger partial charge >= 0.3 is 12.3 Å². The minimum absolute atomic E-state index is 0.121. The van der Waals surface area contributed by atoms with Crippen LogP contribution in [0.15, 0.2) is 18.5 Å². The number of anilines is 1. The van der Waals surface area contributed by atoms with Gasteiger partial charge in [-0.1, -0.05) is 0 Å². The van der Waals surface area contributed by atoms with E-state index in [9.17, 15) is 18.0 Å². The van der Waals surface area contributed by atoms with Gasteiger partial charge in [-0.3, -0.25) is 5.32 Å². The molecule has 1 N–H and O–H groups in total. The van der Waals surface area contributed by atoms with Gasteiger partial charge in [0, 0.05) is 12.4 Å². The van der Waals surface area contributed by atoms with Gasteiger partial charge in [-0.05, 0) is 6.07 Å². The molecule has 1 aromatic heterocycles. The Balaban J connectivity index is 2.38. The van der Waals surface area contributed by atoms with Crippen molar-refractivity contribution in [1.29, 1.82) is 0 Å². The highest BCUT2D eigenvalue weighted by atomic mass is 19.4. The molecule has 0 radical (unpaired) electrons. The number of nitrogens with one attached hydrogen (secondary N) is 1. The number of carbonyl (C=O) groups is 1. The van der Waals surface area contributed by atoms with Crippen molar-refractivity contribution in [1.82, 2.24) is 9.97 Å². The van der Waals surface area contributed by atoms with Crippen molar-refractivity contribution in [3.05, 3.63) is 18.5 Å². The second-order valence-corrected chi connectivity index (χ2v) is 2.39. The Morgan fingerprint density at radius 2 is 2.00 bits per heavy atom. The predicted octanol–water partition coefficient (Wildman–Crippen LogP) is 1.59. The second kappa shape index (κ2) is 4.58. The molecule has 1 rings (SSSR count). The Hall–Kier alpha value is -1.86. The first-order chi connectivity index (χ1) is 6.97. The smallest absolute Gasteiger partial charge is 0.422 e. The minimum Gasteiger partial charge on any atom is -0.440 e. The molecule has 0 saturated heterocycles. The topological polar surface area (TPSA) is 64.1 Å². The molecular weight excluding hydrogens is 215 g/mol. The number of rotatable bonds is 2. The van der Waals surface area contributed by atoms with Crippen LogP contribution in [0.2, 0.25) is 0 Å². The first-order valence-electron chi connectivity index (χ1n) is 3.75. The summed E-state index contributed by atoms with van der Waals surface area (Å²) in [6.07, 6.45) is -3.15. The van der Waals surface area contributed by atoms with Gasteiger partial charge in [0.05, 0.1) is 0 Å². The van der Waals surface area contributed by atoms with Crippen molar-refractivity contribution in [3.63, 3.8) is 0 Å². The van der Waals surface area contributed by atoms with Gasteiger partial charge in [-0.2, -0.15) is 13.2 Å². The molecule has 0 aromatic carbocycles. The zero-order valence-electron chi connectivity index (χ0n) is 7.28. The van der Waals surface area contributed by atoms with Gasteiger partial charge in [0.25, 0.3) is 0 Å². The maximum atomic E-state index is 11.6. The van der Waals surface area contributed by atoms with Crippen LogP contribution in [0.25, 0.3) is 0 Å². The lowest BCUT2D eigenvalue weighted by Gasteiger charge is -2.07. The molecule has 5 nitrogen and oxygen atoms in total. The number of hydrogen-bond donors (Lipinski definition) is 1. The van der Waals surface area contributed by atoms with E-state index in [-0.39, 0.29) is 5.95 Å². The molecule has 0 unspecified atom stereocenters. The molecule has 15 heavy (non-hydrogen) atoms. The standard InChI is InChI=1S/C7H6F3N3O2/c8-7(9,10)4-15-6(14)13-5-11-2-1-3-12-5/h1-3H,4H2,(H,11,12,13,14). The fraction of sp³-hybridized carbons (Fsp3) is 0.286. The summed E-state index contributed by atoms with van der Waals surface area (Å²) in [6.45, 7) is -1.65. The molecular formula is C7H6F3N3O2. The number of halogens is 3. The number of ether oxygens (including phenoxy) is 1. The Kier molecular flexibility index (Phi) is 3.42. The lowest BCUT2D eigenvalue weighted by Crippen LogP contribution is -2.24. The Labute approximate surface area is 82.3 Å². The van der Waals surface area contributed by atoms with E-state index >= 15 is 0 Å². The molecule has 1 heterocycles. The average molecular weight is 221 g/mol. The number of alkyl halides is 3. The molecule has 0 aliphatic carbocycles. The summed E-state index contributed by atoms with van der Waals surface area (Å²) >= 11 is 0. The van der Waals surface area contributed by atoms with E-state index in [0.29, 0.717) is 0 Å². The summed E-state index contributed by atoms with van der Waals surface area (Å²) in [5.41, 5.74) is 0. The van der Waals surface area contributed by atoms with Crippen molar-refractivity contribution in [2.45, 2.75) is 6.18 Å². The quantitative estimate of drug-likeness (QED) is 0.823. The van der Waals surface area contributed by atoms with Crippen molar-refractivity contribution in [2.75, 3.05) is 11.9 Å². The predicted molar refractivity (Wildman–Crippen MR) is 43.1 cm³/mol. The number of hydrogen-bond acceptors (Lipinski definition) is 4. The third-order valence-corrected chi connectivity index (χ3v) is 1.15. The van der Waals surface area contributed by atoms with Crippen LogP contribution in [0.5, 0.6) is 0 Å². The Bertz CT molecular complexity index is 328.